The van der Waals surface area contributed by atoms with Crippen molar-refractivity contribution < 1.29 is 0 Å². The molecule has 2 nitrogen and oxygen atoms in total. The molecule has 2 heteroatoms. The third-order valence-corrected chi connectivity index (χ3v) is 4.03. The van der Waals surface area contributed by atoms with Crippen LogP contribution < -0.4 is 11.3 Å². The number of hydrogen-bond acceptors (Lipinski definition) is 2. The molecule has 0 aromatic heterocycles. The number of nitrogens with one attached hydrogen (secondary N) is 1. The Bertz CT molecular complexity index is 170. The van der Waals surface area contributed by atoms with Gasteiger partial charge in [0.15, 0.2) is 0 Å². The Kier molecular flexibility index (Phi) is 5.62. The summed E-state index contributed by atoms with van der Waals surface area (Å²) in [5.74, 6) is 8.15. The fourth-order valence-electron chi connectivity index (χ4n) is 3.21. The first-order chi connectivity index (χ1) is 7.19. The predicted octanol–water partition coefficient (Wildman–Crippen LogP) is 3.08. The highest BCUT2D eigenvalue weighted by atomic mass is 15.2. The summed E-state index contributed by atoms with van der Waals surface area (Å²) in [5, 5.41) is 0. The van der Waals surface area contributed by atoms with E-state index >= 15 is 0 Å². The zero-order valence-electron chi connectivity index (χ0n) is 10.6. The van der Waals surface area contributed by atoms with Gasteiger partial charge in [-0.25, -0.2) is 0 Å². The molecule has 4 atom stereocenters. The first-order valence-corrected chi connectivity index (χ1v) is 6.65. The van der Waals surface area contributed by atoms with Crippen molar-refractivity contribution in [2.45, 2.75) is 65.3 Å². The van der Waals surface area contributed by atoms with Crippen molar-refractivity contribution >= 4 is 0 Å². The van der Waals surface area contributed by atoms with Gasteiger partial charge in [0.25, 0.3) is 0 Å². The Labute approximate surface area is 95.0 Å². The molecule has 0 aromatic rings. The van der Waals surface area contributed by atoms with E-state index in [2.05, 4.69) is 26.2 Å². The van der Waals surface area contributed by atoms with Crippen LogP contribution in [0.4, 0.5) is 0 Å². The molecule has 1 fully saturated rings. The van der Waals surface area contributed by atoms with E-state index in [1.807, 2.05) is 0 Å². The zero-order valence-corrected chi connectivity index (χ0v) is 10.6. The molecule has 1 aliphatic rings. The van der Waals surface area contributed by atoms with Crippen LogP contribution in [0.3, 0.4) is 0 Å². The molecule has 0 spiro atoms. The second-order valence-corrected chi connectivity index (χ2v) is 5.49. The first kappa shape index (κ1) is 13.0. The third-order valence-electron chi connectivity index (χ3n) is 4.03. The monoisotopic (exact) mass is 212 g/mol. The third kappa shape index (κ3) is 3.76. The van der Waals surface area contributed by atoms with E-state index in [1.54, 1.807) is 0 Å². The van der Waals surface area contributed by atoms with Gasteiger partial charge >= 0.3 is 0 Å². The van der Waals surface area contributed by atoms with Crippen molar-refractivity contribution in [2.75, 3.05) is 0 Å². The van der Waals surface area contributed by atoms with Gasteiger partial charge in [-0.15, -0.1) is 0 Å². The van der Waals surface area contributed by atoms with Crippen molar-refractivity contribution in [1.82, 2.24) is 5.43 Å². The van der Waals surface area contributed by atoms with Crippen molar-refractivity contribution in [3.63, 3.8) is 0 Å². The summed E-state index contributed by atoms with van der Waals surface area (Å²) in [4.78, 5) is 0. The van der Waals surface area contributed by atoms with Crippen molar-refractivity contribution in [3.05, 3.63) is 0 Å². The Morgan fingerprint density at radius 1 is 1.40 bits per heavy atom. The van der Waals surface area contributed by atoms with E-state index in [-0.39, 0.29) is 0 Å². The second-order valence-electron chi connectivity index (χ2n) is 5.49. The number of rotatable bonds is 5. The van der Waals surface area contributed by atoms with Crippen LogP contribution in [0.25, 0.3) is 0 Å². The summed E-state index contributed by atoms with van der Waals surface area (Å²) in [6.07, 6.45) is 8.09. The van der Waals surface area contributed by atoms with E-state index in [1.165, 1.54) is 38.5 Å². The van der Waals surface area contributed by atoms with E-state index in [4.69, 9.17) is 5.84 Å². The van der Waals surface area contributed by atoms with Crippen molar-refractivity contribution in [1.29, 1.82) is 0 Å². The lowest BCUT2D eigenvalue weighted by atomic mass is 9.75. The quantitative estimate of drug-likeness (QED) is 0.543. The summed E-state index contributed by atoms with van der Waals surface area (Å²) < 4.78 is 0. The van der Waals surface area contributed by atoms with Crippen molar-refractivity contribution in [2.24, 2.45) is 23.6 Å². The lowest BCUT2D eigenvalue weighted by molar-refractivity contribution is 0.178. The topological polar surface area (TPSA) is 38.0 Å². The van der Waals surface area contributed by atoms with E-state index < -0.39 is 0 Å². The molecule has 4 unspecified atom stereocenters. The van der Waals surface area contributed by atoms with Crippen LogP contribution in [0.1, 0.15) is 59.3 Å². The van der Waals surface area contributed by atoms with Crippen LogP contribution in [0.2, 0.25) is 0 Å². The largest absolute Gasteiger partial charge is 0.271 e. The van der Waals surface area contributed by atoms with Gasteiger partial charge in [-0.2, -0.15) is 0 Å². The summed E-state index contributed by atoms with van der Waals surface area (Å²) in [5.41, 5.74) is 3.08. The van der Waals surface area contributed by atoms with Gasteiger partial charge in [0.05, 0.1) is 0 Å². The molecule has 90 valence electrons. The predicted molar refractivity (Wildman–Crippen MR) is 66.3 cm³/mol. The number of nitrogens with two attached hydrogens (primary N) is 1. The van der Waals surface area contributed by atoms with Crippen LogP contribution in [0.15, 0.2) is 0 Å². The highest BCUT2D eigenvalue weighted by molar-refractivity contribution is 4.83. The molecule has 0 amide bonds. The minimum Gasteiger partial charge on any atom is -0.271 e. The number of hydrazine groups is 1. The van der Waals surface area contributed by atoms with Gasteiger partial charge in [0.1, 0.15) is 0 Å². The lowest BCUT2D eigenvalue weighted by Crippen LogP contribution is -2.46. The molecular formula is C13H28N2. The number of hydrogen-bond donors (Lipinski definition) is 2. The average Bonchev–Trinajstić information content (AvgIpc) is 2.19. The fourth-order valence-corrected chi connectivity index (χ4v) is 3.21. The molecule has 0 aromatic carbocycles. The standard InChI is InChI=1S/C13H28N2/c1-4-6-11(3)13(15-14)12-8-5-7-10(2)9-12/h10-13,15H,4-9,14H2,1-3H3. The minimum atomic E-state index is 0.535. The summed E-state index contributed by atoms with van der Waals surface area (Å²) in [6.45, 7) is 6.98. The molecule has 0 aliphatic heterocycles. The summed E-state index contributed by atoms with van der Waals surface area (Å²) in [6, 6.07) is 0.535. The molecule has 15 heavy (non-hydrogen) atoms. The molecule has 3 N–H and O–H groups in total. The zero-order chi connectivity index (χ0) is 11.3. The van der Waals surface area contributed by atoms with Crippen molar-refractivity contribution in [3.8, 4) is 0 Å². The SMILES string of the molecule is CCCC(C)C(NN)C1CCCC(C)C1. The van der Waals surface area contributed by atoms with Gasteiger partial charge in [0.2, 0.25) is 0 Å². The van der Waals surface area contributed by atoms with Gasteiger partial charge in [-0.05, 0) is 37.0 Å². The highest BCUT2D eigenvalue weighted by Crippen LogP contribution is 2.33. The van der Waals surface area contributed by atoms with Gasteiger partial charge < -0.3 is 0 Å². The summed E-state index contributed by atoms with van der Waals surface area (Å²) >= 11 is 0. The van der Waals surface area contributed by atoms with Gasteiger partial charge in [-0.1, -0.05) is 40.0 Å². The molecule has 0 radical (unpaired) electrons. The maximum Gasteiger partial charge on any atom is 0.0264 e. The second kappa shape index (κ2) is 6.49. The Balaban J connectivity index is 2.48. The Morgan fingerprint density at radius 3 is 2.67 bits per heavy atom. The van der Waals surface area contributed by atoms with E-state index in [0.717, 1.165) is 17.8 Å². The molecule has 1 saturated carbocycles. The van der Waals surface area contributed by atoms with Crippen LogP contribution in [0.5, 0.6) is 0 Å². The average molecular weight is 212 g/mol. The van der Waals surface area contributed by atoms with E-state index in [0.29, 0.717) is 6.04 Å². The van der Waals surface area contributed by atoms with Crippen LogP contribution in [0, 0.1) is 17.8 Å². The smallest absolute Gasteiger partial charge is 0.0264 e. The minimum absolute atomic E-state index is 0.535. The first-order valence-electron chi connectivity index (χ1n) is 6.65. The summed E-state index contributed by atoms with van der Waals surface area (Å²) in [7, 11) is 0. The molecule has 0 saturated heterocycles. The maximum absolute atomic E-state index is 5.73. The molecule has 1 rings (SSSR count). The van der Waals surface area contributed by atoms with Crippen LogP contribution in [-0.2, 0) is 0 Å². The highest BCUT2D eigenvalue weighted by Gasteiger charge is 2.29. The van der Waals surface area contributed by atoms with Gasteiger partial charge in [0, 0.05) is 6.04 Å². The van der Waals surface area contributed by atoms with Crippen LogP contribution in [-0.4, -0.2) is 6.04 Å². The molecule has 0 heterocycles. The normalized spacial score (nSPS) is 31.2. The Hall–Kier alpha value is -0.0800. The van der Waals surface area contributed by atoms with Gasteiger partial charge in [-0.3, -0.25) is 11.3 Å². The fraction of sp³-hybridized carbons (Fsp3) is 1.00. The maximum atomic E-state index is 5.73. The van der Waals surface area contributed by atoms with Crippen LogP contribution >= 0.6 is 0 Å². The van der Waals surface area contributed by atoms with E-state index in [9.17, 15) is 0 Å². The Morgan fingerprint density at radius 2 is 2.13 bits per heavy atom. The molecule has 1 aliphatic carbocycles. The molecular weight excluding hydrogens is 184 g/mol. The molecule has 0 bridgehead atoms. The lowest BCUT2D eigenvalue weighted by Gasteiger charge is -2.36.